The third-order valence-corrected chi connectivity index (χ3v) is 5.12. The molecule has 7 nitrogen and oxygen atoms in total. The van der Waals surface area contributed by atoms with Crippen molar-refractivity contribution in [3.05, 3.63) is 86.7 Å². The lowest BCUT2D eigenvalue weighted by Gasteiger charge is -2.17. The number of rotatable bonds is 8. The van der Waals surface area contributed by atoms with Crippen LogP contribution in [0, 0.1) is 18.3 Å². The molecule has 3 rings (SSSR count). The molecule has 1 N–H and O–H groups in total. The molecule has 164 valence electrons. The van der Waals surface area contributed by atoms with Gasteiger partial charge in [-0.2, -0.15) is 5.26 Å². The van der Waals surface area contributed by atoms with Crippen LogP contribution >= 0.6 is 0 Å². The number of ether oxygens (including phenoxy) is 2. The summed E-state index contributed by atoms with van der Waals surface area (Å²) in [7, 11) is 1.55. The number of carbonyl (C=O) groups excluding carboxylic acids is 1. The van der Waals surface area contributed by atoms with Crippen LogP contribution in [0.1, 0.15) is 46.0 Å². The topological polar surface area (TPSA) is 102 Å². The van der Waals surface area contributed by atoms with Crippen LogP contribution in [0.25, 0.3) is 0 Å². The number of para-hydroxylation sites is 1. The smallest absolute Gasteiger partial charge is 0.271 e. The average Bonchev–Trinajstić information content (AvgIpc) is 2.81. The number of nitriles is 1. The van der Waals surface area contributed by atoms with Crippen molar-refractivity contribution in [3.8, 4) is 23.4 Å². The van der Waals surface area contributed by atoms with Gasteiger partial charge in [0.1, 0.15) is 23.1 Å². The van der Waals surface area contributed by atoms with Crippen molar-refractivity contribution in [1.29, 1.82) is 5.26 Å². The van der Waals surface area contributed by atoms with Gasteiger partial charge in [-0.05, 0) is 48.7 Å². The van der Waals surface area contributed by atoms with E-state index in [0.29, 0.717) is 23.7 Å². The van der Waals surface area contributed by atoms with Crippen LogP contribution in [-0.4, -0.2) is 29.2 Å². The largest absolute Gasteiger partial charge is 0.497 e. The highest BCUT2D eigenvalue weighted by molar-refractivity contribution is 6.13. The first kappa shape index (κ1) is 22.6. The molecule has 0 bridgehead atoms. The molecule has 0 saturated heterocycles. The SMILES string of the molecule is CCCOc1ccccc1C(=O)c1c(C)c(C#N)c(=O)n(Cc2ccc(OC)cc2)c1O. The highest BCUT2D eigenvalue weighted by Gasteiger charge is 2.26. The maximum Gasteiger partial charge on any atom is 0.271 e. The second kappa shape index (κ2) is 9.84. The number of methoxy groups -OCH3 is 1. The van der Waals surface area contributed by atoms with E-state index in [0.717, 1.165) is 11.0 Å². The summed E-state index contributed by atoms with van der Waals surface area (Å²) in [6.45, 7) is 3.85. The molecule has 32 heavy (non-hydrogen) atoms. The number of nitrogens with zero attached hydrogens (tertiary/aromatic N) is 2. The van der Waals surface area contributed by atoms with Crippen molar-refractivity contribution in [2.24, 2.45) is 0 Å². The highest BCUT2D eigenvalue weighted by atomic mass is 16.5. The molecule has 0 spiro atoms. The lowest BCUT2D eigenvalue weighted by atomic mass is 9.96. The highest BCUT2D eigenvalue weighted by Crippen LogP contribution is 2.29. The Labute approximate surface area is 186 Å². The third-order valence-electron chi connectivity index (χ3n) is 5.12. The molecule has 0 aliphatic heterocycles. The van der Waals surface area contributed by atoms with E-state index < -0.39 is 17.2 Å². The van der Waals surface area contributed by atoms with Crippen molar-refractivity contribution < 1.29 is 19.4 Å². The van der Waals surface area contributed by atoms with E-state index in [1.165, 1.54) is 6.92 Å². The Morgan fingerprint density at radius 1 is 1.16 bits per heavy atom. The maximum atomic E-state index is 13.5. The van der Waals surface area contributed by atoms with Crippen LogP contribution in [0.4, 0.5) is 0 Å². The molecule has 0 atom stereocenters. The van der Waals surface area contributed by atoms with Gasteiger partial charge in [-0.3, -0.25) is 14.2 Å². The molecule has 0 aliphatic carbocycles. The first-order chi connectivity index (χ1) is 15.4. The van der Waals surface area contributed by atoms with E-state index in [-0.39, 0.29) is 28.8 Å². The first-order valence-corrected chi connectivity index (χ1v) is 10.2. The van der Waals surface area contributed by atoms with E-state index in [1.807, 2.05) is 13.0 Å². The van der Waals surface area contributed by atoms with E-state index in [2.05, 4.69) is 0 Å². The van der Waals surface area contributed by atoms with Crippen LogP contribution in [0.5, 0.6) is 17.4 Å². The number of hydrogen-bond acceptors (Lipinski definition) is 6. The summed E-state index contributed by atoms with van der Waals surface area (Å²) in [4.78, 5) is 26.4. The van der Waals surface area contributed by atoms with Gasteiger partial charge in [0.15, 0.2) is 0 Å². The zero-order valence-electron chi connectivity index (χ0n) is 18.2. The molecule has 2 aromatic carbocycles. The zero-order valence-corrected chi connectivity index (χ0v) is 18.2. The normalized spacial score (nSPS) is 10.4. The van der Waals surface area contributed by atoms with Gasteiger partial charge in [-0.15, -0.1) is 0 Å². The molecule has 0 fully saturated rings. The van der Waals surface area contributed by atoms with Crippen molar-refractivity contribution in [1.82, 2.24) is 4.57 Å². The van der Waals surface area contributed by atoms with Crippen LogP contribution in [-0.2, 0) is 6.54 Å². The van der Waals surface area contributed by atoms with Crippen molar-refractivity contribution in [2.75, 3.05) is 13.7 Å². The number of aromatic nitrogens is 1. The molecule has 1 heterocycles. The Kier molecular flexibility index (Phi) is 6.96. The fraction of sp³-hybridized carbons (Fsp3) is 0.240. The molecule has 0 aliphatic rings. The predicted molar refractivity (Wildman–Crippen MR) is 120 cm³/mol. The summed E-state index contributed by atoms with van der Waals surface area (Å²) in [6.07, 6.45) is 0.762. The quantitative estimate of drug-likeness (QED) is 0.543. The number of benzene rings is 2. The fourth-order valence-electron chi connectivity index (χ4n) is 3.41. The average molecular weight is 432 g/mol. The molecule has 7 heteroatoms. The van der Waals surface area contributed by atoms with Gasteiger partial charge in [0.05, 0.1) is 31.4 Å². The number of ketones is 1. The monoisotopic (exact) mass is 432 g/mol. The van der Waals surface area contributed by atoms with Gasteiger partial charge in [-0.25, -0.2) is 0 Å². The summed E-state index contributed by atoms with van der Waals surface area (Å²) >= 11 is 0. The van der Waals surface area contributed by atoms with E-state index in [4.69, 9.17) is 9.47 Å². The molecular weight excluding hydrogens is 408 g/mol. The molecular formula is C25H24N2O5. The van der Waals surface area contributed by atoms with Gasteiger partial charge < -0.3 is 14.6 Å². The summed E-state index contributed by atoms with van der Waals surface area (Å²) in [5.41, 5.74) is 0.134. The van der Waals surface area contributed by atoms with Crippen molar-refractivity contribution in [2.45, 2.75) is 26.8 Å². The number of carbonyl (C=O) groups is 1. The van der Waals surface area contributed by atoms with Gasteiger partial charge >= 0.3 is 0 Å². The zero-order chi connectivity index (χ0) is 23.3. The second-order valence-corrected chi connectivity index (χ2v) is 7.22. The van der Waals surface area contributed by atoms with E-state index >= 15 is 0 Å². The number of pyridine rings is 1. The first-order valence-electron chi connectivity index (χ1n) is 10.2. The number of hydrogen-bond donors (Lipinski definition) is 1. The van der Waals surface area contributed by atoms with Gasteiger partial charge in [0.25, 0.3) is 5.56 Å². The summed E-state index contributed by atoms with van der Waals surface area (Å²) in [5, 5.41) is 20.6. The minimum atomic E-state index is -0.662. The Hall–Kier alpha value is -4.05. The minimum absolute atomic E-state index is 0.0160. The molecule has 3 aromatic rings. The standard InChI is InChI=1S/C25H24N2O5/c1-4-13-32-21-8-6-5-7-19(21)23(28)22-16(2)20(14-26)24(29)27(25(22)30)15-17-9-11-18(31-3)12-10-17/h5-12,30H,4,13,15H2,1-3H3. The van der Waals surface area contributed by atoms with Crippen molar-refractivity contribution in [3.63, 3.8) is 0 Å². The Bertz CT molecular complexity index is 1240. The maximum absolute atomic E-state index is 13.5. The molecule has 0 saturated carbocycles. The molecule has 1 aromatic heterocycles. The van der Waals surface area contributed by atoms with Crippen LogP contribution < -0.4 is 15.0 Å². The second-order valence-electron chi connectivity index (χ2n) is 7.22. The predicted octanol–water partition coefficient (Wildman–Crippen LogP) is 3.81. The Morgan fingerprint density at radius 2 is 1.84 bits per heavy atom. The molecule has 0 unspecified atom stereocenters. The summed E-state index contributed by atoms with van der Waals surface area (Å²) in [5.74, 6) is 0.0142. The fourth-order valence-corrected chi connectivity index (χ4v) is 3.41. The number of aromatic hydroxyl groups is 1. The van der Waals surface area contributed by atoms with Gasteiger partial charge in [-0.1, -0.05) is 31.2 Å². The molecule has 0 radical (unpaired) electrons. The van der Waals surface area contributed by atoms with Crippen LogP contribution in [0.3, 0.4) is 0 Å². The lowest BCUT2D eigenvalue weighted by molar-refractivity contribution is 0.103. The van der Waals surface area contributed by atoms with Crippen LogP contribution in [0.15, 0.2) is 53.3 Å². The van der Waals surface area contributed by atoms with E-state index in [1.54, 1.807) is 55.6 Å². The van der Waals surface area contributed by atoms with Gasteiger partial charge in [0.2, 0.25) is 11.7 Å². The minimum Gasteiger partial charge on any atom is -0.497 e. The van der Waals surface area contributed by atoms with Crippen molar-refractivity contribution >= 4 is 5.78 Å². The van der Waals surface area contributed by atoms with Gasteiger partial charge in [0, 0.05) is 0 Å². The Morgan fingerprint density at radius 3 is 2.47 bits per heavy atom. The van der Waals surface area contributed by atoms with E-state index in [9.17, 15) is 20.0 Å². The summed E-state index contributed by atoms with van der Waals surface area (Å²) < 4.78 is 11.9. The third kappa shape index (κ3) is 4.35. The molecule has 0 amide bonds. The van der Waals surface area contributed by atoms with Crippen LogP contribution in [0.2, 0.25) is 0 Å². The Balaban J connectivity index is 2.15. The lowest BCUT2D eigenvalue weighted by Crippen LogP contribution is -2.27. The summed E-state index contributed by atoms with van der Waals surface area (Å²) in [6, 6.07) is 15.5.